The maximum atomic E-state index is 12.4. The summed E-state index contributed by atoms with van der Waals surface area (Å²) in [5.41, 5.74) is 0.903. The molecule has 9 heteroatoms. The van der Waals surface area contributed by atoms with Gasteiger partial charge in [0.15, 0.2) is 10.9 Å². The highest BCUT2D eigenvalue weighted by molar-refractivity contribution is 7.98. The Kier molecular flexibility index (Phi) is 7.25. The van der Waals surface area contributed by atoms with E-state index in [2.05, 4.69) is 15.3 Å². The summed E-state index contributed by atoms with van der Waals surface area (Å²) in [5, 5.41) is 3.54. The lowest BCUT2D eigenvalue weighted by molar-refractivity contribution is 0.0773. The molecule has 0 saturated heterocycles. The Morgan fingerprint density at radius 3 is 2.46 bits per heavy atom. The van der Waals surface area contributed by atoms with Crippen LogP contribution in [0.15, 0.2) is 29.6 Å². The van der Waals surface area contributed by atoms with E-state index in [4.69, 9.17) is 23.2 Å². The van der Waals surface area contributed by atoms with Gasteiger partial charge in [-0.3, -0.25) is 9.59 Å². The number of rotatable bonds is 6. The zero-order valence-electron chi connectivity index (χ0n) is 14.5. The van der Waals surface area contributed by atoms with Crippen LogP contribution in [0.2, 0.25) is 10.0 Å². The van der Waals surface area contributed by atoms with Gasteiger partial charge in [-0.15, -0.1) is 0 Å². The zero-order chi connectivity index (χ0) is 19.3. The van der Waals surface area contributed by atoms with Crippen LogP contribution in [0.3, 0.4) is 0 Å². The summed E-state index contributed by atoms with van der Waals surface area (Å²) in [5.74, 6) is -0.632. The Labute approximate surface area is 166 Å². The summed E-state index contributed by atoms with van der Waals surface area (Å²) in [4.78, 5) is 34.6. The van der Waals surface area contributed by atoms with Crippen LogP contribution in [0.25, 0.3) is 0 Å². The van der Waals surface area contributed by atoms with E-state index in [0.29, 0.717) is 29.5 Å². The summed E-state index contributed by atoms with van der Waals surface area (Å²) in [6, 6.07) is 4.74. The van der Waals surface area contributed by atoms with Gasteiger partial charge < -0.3 is 10.2 Å². The lowest BCUT2D eigenvalue weighted by Crippen LogP contribution is -2.30. The van der Waals surface area contributed by atoms with Crippen LogP contribution in [0.1, 0.15) is 34.7 Å². The van der Waals surface area contributed by atoms with E-state index < -0.39 is 5.91 Å². The number of amides is 2. The molecule has 0 aliphatic carbocycles. The van der Waals surface area contributed by atoms with Gasteiger partial charge in [-0.25, -0.2) is 9.97 Å². The number of thioether (sulfide) groups is 1. The molecular weight excluding hydrogens is 395 g/mol. The van der Waals surface area contributed by atoms with Gasteiger partial charge in [0.25, 0.3) is 11.8 Å². The summed E-state index contributed by atoms with van der Waals surface area (Å²) in [6.07, 6.45) is 3.18. The number of carbonyl (C=O) groups is 2. The third kappa shape index (κ3) is 4.66. The van der Waals surface area contributed by atoms with Gasteiger partial charge in [0.05, 0.1) is 21.8 Å². The molecule has 2 amide bonds. The number of hydrogen-bond acceptors (Lipinski definition) is 5. The maximum absolute atomic E-state index is 12.4. The van der Waals surface area contributed by atoms with E-state index in [1.165, 1.54) is 24.0 Å². The Morgan fingerprint density at radius 1 is 1.19 bits per heavy atom. The second-order valence-corrected chi connectivity index (χ2v) is 6.77. The monoisotopic (exact) mass is 412 g/mol. The second-order valence-electron chi connectivity index (χ2n) is 5.18. The van der Waals surface area contributed by atoms with Gasteiger partial charge in [0.1, 0.15) is 0 Å². The lowest BCUT2D eigenvalue weighted by atomic mass is 10.1. The smallest absolute Gasteiger partial charge is 0.275 e. The topological polar surface area (TPSA) is 75.2 Å². The van der Waals surface area contributed by atoms with Crippen LogP contribution in [-0.4, -0.2) is 46.0 Å². The third-order valence-electron chi connectivity index (χ3n) is 3.63. The molecule has 1 aromatic carbocycles. The van der Waals surface area contributed by atoms with Crippen LogP contribution in [-0.2, 0) is 0 Å². The van der Waals surface area contributed by atoms with Crippen molar-refractivity contribution in [3.63, 3.8) is 0 Å². The zero-order valence-corrected chi connectivity index (χ0v) is 16.9. The van der Waals surface area contributed by atoms with Crippen LogP contribution in [0.5, 0.6) is 0 Å². The maximum Gasteiger partial charge on any atom is 0.275 e. The number of nitrogens with one attached hydrogen (secondary N) is 1. The average Bonchev–Trinajstić information content (AvgIpc) is 2.63. The molecule has 1 heterocycles. The predicted molar refractivity (Wildman–Crippen MR) is 105 cm³/mol. The minimum Gasteiger partial charge on any atom is -0.339 e. The fourth-order valence-electron chi connectivity index (χ4n) is 2.25. The Hall–Kier alpha value is -1.83. The molecule has 138 valence electrons. The van der Waals surface area contributed by atoms with E-state index in [9.17, 15) is 9.59 Å². The molecular formula is C17H18Cl2N4O2S. The van der Waals surface area contributed by atoms with Crippen molar-refractivity contribution in [3.8, 4) is 0 Å². The van der Waals surface area contributed by atoms with Gasteiger partial charge in [-0.2, -0.15) is 0 Å². The normalized spacial score (nSPS) is 10.5. The van der Waals surface area contributed by atoms with Gasteiger partial charge in [0, 0.05) is 18.8 Å². The number of hydrogen-bond donors (Lipinski definition) is 1. The van der Waals surface area contributed by atoms with Crippen LogP contribution in [0.4, 0.5) is 5.69 Å². The molecule has 1 N–H and O–H groups in total. The molecule has 26 heavy (non-hydrogen) atoms. The quantitative estimate of drug-likeness (QED) is 0.566. The van der Waals surface area contributed by atoms with Crippen molar-refractivity contribution >= 4 is 52.5 Å². The Bertz CT molecular complexity index is 828. The molecule has 0 unspecified atom stereocenters. The summed E-state index contributed by atoms with van der Waals surface area (Å²) < 4.78 is 0. The van der Waals surface area contributed by atoms with Crippen LogP contribution >= 0.6 is 35.0 Å². The van der Waals surface area contributed by atoms with Crippen molar-refractivity contribution in [1.29, 1.82) is 0 Å². The molecule has 0 spiro atoms. The van der Waals surface area contributed by atoms with Crippen molar-refractivity contribution in [3.05, 3.63) is 45.7 Å². The number of aromatic nitrogens is 2. The van der Waals surface area contributed by atoms with Crippen molar-refractivity contribution < 1.29 is 9.59 Å². The molecule has 0 aliphatic heterocycles. The SMILES string of the molecule is CCN(CC)C(=O)c1ccc(NC(=O)c2nc(SC)ncc2Cl)cc1Cl. The van der Waals surface area contributed by atoms with E-state index >= 15 is 0 Å². The van der Waals surface area contributed by atoms with Gasteiger partial charge in [0.2, 0.25) is 0 Å². The van der Waals surface area contributed by atoms with Gasteiger partial charge >= 0.3 is 0 Å². The molecule has 0 radical (unpaired) electrons. The summed E-state index contributed by atoms with van der Waals surface area (Å²) in [6.45, 7) is 4.98. The number of carbonyl (C=O) groups excluding carboxylic acids is 2. The fraction of sp³-hybridized carbons (Fsp3) is 0.294. The largest absolute Gasteiger partial charge is 0.339 e. The van der Waals surface area contributed by atoms with Gasteiger partial charge in [-0.1, -0.05) is 35.0 Å². The van der Waals surface area contributed by atoms with Crippen LogP contribution in [0, 0.1) is 0 Å². The highest BCUT2D eigenvalue weighted by Crippen LogP contribution is 2.24. The molecule has 1 aromatic heterocycles. The third-order valence-corrected chi connectivity index (χ3v) is 4.78. The first kappa shape index (κ1) is 20.5. The van der Waals surface area contributed by atoms with E-state index in [1.807, 2.05) is 13.8 Å². The number of nitrogens with zero attached hydrogens (tertiary/aromatic N) is 3. The minimum absolute atomic E-state index is 0.0745. The summed E-state index contributed by atoms with van der Waals surface area (Å²) >= 11 is 13.6. The number of benzene rings is 1. The molecule has 0 saturated carbocycles. The molecule has 2 aromatic rings. The Morgan fingerprint density at radius 2 is 1.88 bits per heavy atom. The first-order valence-electron chi connectivity index (χ1n) is 7.87. The molecule has 0 fully saturated rings. The first-order chi connectivity index (χ1) is 12.4. The van der Waals surface area contributed by atoms with Crippen molar-refractivity contribution in [2.75, 3.05) is 24.7 Å². The number of anilines is 1. The van der Waals surface area contributed by atoms with Crippen molar-refractivity contribution in [2.24, 2.45) is 0 Å². The van der Waals surface area contributed by atoms with Gasteiger partial charge in [-0.05, 0) is 38.3 Å². The van der Waals surface area contributed by atoms with E-state index in [1.54, 1.807) is 23.3 Å². The van der Waals surface area contributed by atoms with Crippen molar-refractivity contribution in [2.45, 2.75) is 19.0 Å². The van der Waals surface area contributed by atoms with E-state index in [0.717, 1.165) is 0 Å². The van der Waals surface area contributed by atoms with Crippen LogP contribution < -0.4 is 5.32 Å². The molecule has 0 bridgehead atoms. The second kappa shape index (κ2) is 9.21. The first-order valence-corrected chi connectivity index (χ1v) is 9.86. The standard InChI is InChI=1S/C17H18Cl2N4O2S/c1-4-23(5-2)16(25)11-7-6-10(8-12(11)18)21-15(24)14-13(19)9-20-17(22-14)26-3/h6-9H,4-5H2,1-3H3,(H,21,24). The Balaban J connectivity index is 2.22. The average molecular weight is 413 g/mol. The fourth-order valence-corrected chi connectivity index (χ4v) is 3.03. The molecule has 0 aliphatic rings. The molecule has 2 rings (SSSR count). The van der Waals surface area contributed by atoms with E-state index in [-0.39, 0.29) is 21.6 Å². The highest BCUT2D eigenvalue weighted by Gasteiger charge is 2.18. The predicted octanol–water partition coefficient (Wildman–Crippen LogP) is 4.24. The molecule has 6 nitrogen and oxygen atoms in total. The summed E-state index contributed by atoms with van der Waals surface area (Å²) in [7, 11) is 0. The minimum atomic E-state index is -0.480. The number of halogens is 2. The van der Waals surface area contributed by atoms with Crippen molar-refractivity contribution in [1.82, 2.24) is 14.9 Å². The lowest BCUT2D eigenvalue weighted by Gasteiger charge is -2.19. The highest BCUT2D eigenvalue weighted by atomic mass is 35.5. The molecule has 0 atom stereocenters.